The molecule has 2 rings (SSSR count). The minimum absolute atomic E-state index is 1.33. The Morgan fingerprint density at radius 1 is 1.36 bits per heavy atom. The zero-order valence-electron chi connectivity index (χ0n) is 5.79. The summed E-state index contributed by atoms with van der Waals surface area (Å²) in [6.07, 6.45) is 2.86. The highest BCUT2D eigenvalue weighted by Gasteiger charge is 1.72. The van der Waals surface area contributed by atoms with Gasteiger partial charge in [-0.2, -0.15) is 5.21 Å². The fraction of sp³-hybridized carbons (Fsp3) is 0.333. The molecule has 2 aromatic rings. The van der Waals surface area contributed by atoms with Gasteiger partial charge in [-0.15, -0.1) is 15.3 Å². The molecule has 0 radical (unpaired) electrons. The molecule has 2 heterocycles. The predicted molar refractivity (Wildman–Crippen MR) is 33.0 cm³/mol. The second kappa shape index (κ2) is 4.04. The fourth-order valence-electron chi connectivity index (χ4n) is 0.336. The number of tetrazole rings is 2. The molecular weight excluding hydrogens is 148 g/mol. The summed E-state index contributed by atoms with van der Waals surface area (Å²) in [5.41, 5.74) is 0. The molecule has 0 aliphatic carbocycles. The van der Waals surface area contributed by atoms with E-state index < -0.39 is 0 Å². The van der Waals surface area contributed by atoms with Crippen molar-refractivity contribution in [2.45, 2.75) is 0 Å². The summed E-state index contributed by atoms with van der Waals surface area (Å²) in [6, 6.07) is 0. The van der Waals surface area contributed by atoms with Crippen LogP contribution in [-0.4, -0.2) is 40.8 Å². The Morgan fingerprint density at radius 3 is 2.45 bits per heavy atom. The van der Waals surface area contributed by atoms with Gasteiger partial charge in [-0.25, -0.2) is 4.68 Å². The molecule has 0 saturated heterocycles. The average Bonchev–Trinajstić information content (AvgIpc) is 2.57. The third kappa shape index (κ3) is 2.98. The van der Waals surface area contributed by atoms with Crippen molar-refractivity contribution in [3.8, 4) is 0 Å². The van der Waals surface area contributed by atoms with Gasteiger partial charge < -0.3 is 0 Å². The summed E-state index contributed by atoms with van der Waals surface area (Å²) >= 11 is 0. The number of aromatic nitrogens is 8. The maximum Gasteiger partial charge on any atom is 0.161 e. The fourth-order valence-corrected chi connectivity index (χ4v) is 0.336. The Hall–Kier alpha value is -1.86. The summed E-state index contributed by atoms with van der Waals surface area (Å²) in [6.45, 7) is 0. The maximum absolute atomic E-state index is 3.47. The predicted octanol–water partition coefficient (Wildman–Crippen LogP) is -1.59. The van der Waals surface area contributed by atoms with E-state index in [1.165, 1.54) is 17.3 Å². The van der Waals surface area contributed by atoms with Crippen LogP contribution in [-0.2, 0) is 7.05 Å². The average molecular weight is 154 g/mol. The van der Waals surface area contributed by atoms with E-state index in [1.54, 1.807) is 7.05 Å². The molecule has 8 heteroatoms. The van der Waals surface area contributed by atoms with Crippen LogP contribution in [0.25, 0.3) is 0 Å². The highest BCUT2D eigenvalue weighted by atomic mass is 15.5. The quantitative estimate of drug-likeness (QED) is 0.491. The lowest BCUT2D eigenvalue weighted by molar-refractivity contribution is 0.710. The van der Waals surface area contributed by atoms with Gasteiger partial charge in [0.2, 0.25) is 0 Å². The number of H-pyrrole nitrogens is 1. The van der Waals surface area contributed by atoms with E-state index in [1.807, 2.05) is 0 Å². The topological polar surface area (TPSA) is 98.1 Å². The summed E-state index contributed by atoms with van der Waals surface area (Å²) < 4.78 is 1.53. The number of nitrogens with one attached hydrogen (secondary N) is 1. The zero-order chi connectivity index (χ0) is 7.94. The number of aryl methyl sites for hydroxylation is 1. The van der Waals surface area contributed by atoms with Gasteiger partial charge in [-0.1, -0.05) is 5.21 Å². The molecule has 1 N–H and O–H groups in total. The lowest BCUT2D eigenvalue weighted by Crippen LogP contribution is -1.85. The van der Waals surface area contributed by atoms with E-state index >= 15 is 0 Å². The van der Waals surface area contributed by atoms with Crippen LogP contribution < -0.4 is 0 Å². The van der Waals surface area contributed by atoms with E-state index in [0.29, 0.717) is 0 Å². The first-order valence-corrected chi connectivity index (χ1v) is 2.73. The van der Waals surface area contributed by atoms with E-state index in [0.717, 1.165) is 0 Å². The van der Waals surface area contributed by atoms with Crippen molar-refractivity contribution >= 4 is 0 Å². The first-order valence-electron chi connectivity index (χ1n) is 2.73. The van der Waals surface area contributed by atoms with Crippen LogP contribution in [0.5, 0.6) is 0 Å². The summed E-state index contributed by atoms with van der Waals surface area (Å²) in [5.74, 6) is 0. The van der Waals surface area contributed by atoms with E-state index in [4.69, 9.17) is 0 Å². The van der Waals surface area contributed by atoms with Crippen molar-refractivity contribution in [3.63, 3.8) is 0 Å². The number of hydrogen-bond donors (Lipinski definition) is 1. The normalized spacial score (nSPS) is 8.45. The van der Waals surface area contributed by atoms with Crippen molar-refractivity contribution in [1.29, 1.82) is 0 Å². The van der Waals surface area contributed by atoms with Crippen molar-refractivity contribution in [1.82, 2.24) is 40.8 Å². The molecule has 0 saturated carbocycles. The second-order valence-electron chi connectivity index (χ2n) is 1.54. The van der Waals surface area contributed by atoms with Gasteiger partial charge >= 0.3 is 0 Å². The summed E-state index contributed by atoms with van der Waals surface area (Å²) in [7, 11) is 1.76. The molecule has 0 fully saturated rings. The number of rotatable bonds is 0. The van der Waals surface area contributed by atoms with Crippen LogP contribution >= 0.6 is 0 Å². The van der Waals surface area contributed by atoms with Gasteiger partial charge in [0.25, 0.3) is 0 Å². The highest BCUT2D eigenvalue weighted by Crippen LogP contribution is 1.58. The Bertz CT molecular complexity index is 227. The largest absolute Gasteiger partial charge is 0.236 e. The molecule has 0 atom stereocenters. The third-order valence-corrected chi connectivity index (χ3v) is 0.721. The lowest BCUT2D eigenvalue weighted by Gasteiger charge is -1.71. The molecular formula is C3H6N8. The van der Waals surface area contributed by atoms with E-state index in [-0.39, 0.29) is 0 Å². The Kier molecular flexibility index (Phi) is 2.66. The molecule has 0 spiro atoms. The maximum atomic E-state index is 3.47. The van der Waals surface area contributed by atoms with Gasteiger partial charge in [0.05, 0.1) is 0 Å². The van der Waals surface area contributed by atoms with E-state index in [9.17, 15) is 0 Å². The molecule has 0 aromatic carbocycles. The van der Waals surface area contributed by atoms with Gasteiger partial charge in [0.1, 0.15) is 6.33 Å². The van der Waals surface area contributed by atoms with Crippen LogP contribution in [0.3, 0.4) is 0 Å². The molecule has 8 nitrogen and oxygen atoms in total. The van der Waals surface area contributed by atoms with Crippen molar-refractivity contribution in [2.24, 2.45) is 7.05 Å². The third-order valence-electron chi connectivity index (χ3n) is 0.721. The Morgan fingerprint density at radius 2 is 2.27 bits per heavy atom. The van der Waals surface area contributed by atoms with Gasteiger partial charge in [-0.3, -0.25) is 0 Å². The van der Waals surface area contributed by atoms with Crippen LogP contribution in [0.4, 0.5) is 0 Å². The minimum atomic E-state index is 1.33. The Labute approximate surface area is 61.6 Å². The first kappa shape index (κ1) is 7.25. The summed E-state index contributed by atoms with van der Waals surface area (Å²) in [5, 5.41) is 22.3. The number of hydrogen-bond acceptors (Lipinski definition) is 6. The molecule has 11 heavy (non-hydrogen) atoms. The molecule has 0 amide bonds. The van der Waals surface area contributed by atoms with Crippen LogP contribution in [0.2, 0.25) is 0 Å². The van der Waals surface area contributed by atoms with Crippen molar-refractivity contribution < 1.29 is 0 Å². The number of aromatic amines is 1. The zero-order valence-corrected chi connectivity index (χ0v) is 5.79. The van der Waals surface area contributed by atoms with Crippen LogP contribution in [0, 0.1) is 0 Å². The molecule has 2 aromatic heterocycles. The lowest BCUT2D eigenvalue weighted by atomic mass is 11.2. The van der Waals surface area contributed by atoms with Gasteiger partial charge in [-0.05, 0) is 10.4 Å². The molecule has 0 aliphatic heterocycles. The van der Waals surface area contributed by atoms with Gasteiger partial charge in [0, 0.05) is 7.05 Å². The SMILES string of the molecule is Cn1cnnn1.c1nn[nH]n1. The van der Waals surface area contributed by atoms with Gasteiger partial charge in [0.15, 0.2) is 6.33 Å². The smallest absolute Gasteiger partial charge is 0.161 e. The molecule has 58 valence electrons. The molecule has 0 bridgehead atoms. The van der Waals surface area contributed by atoms with Crippen molar-refractivity contribution in [3.05, 3.63) is 12.7 Å². The van der Waals surface area contributed by atoms with Crippen molar-refractivity contribution in [2.75, 3.05) is 0 Å². The second-order valence-corrected chi connectivity index (χ2v) is 1.54. The van der Waals surface area contributed by atoms with E-state index in [2.05, 4.69) is 36.1 Å². The summed E-state index contributed by atoms with van der Waals surface area (Å²) in [4.78, 5) is 0. The highest BCUT2D eigenvalue weighted by molar-refractivity contribution is 4.35. The Balaban J connectivity index is 0.000000112. The number of nitrogens with zero attached hydrogens (tertiary/aromatic N) is 7. The standard InChI is InChI=1S/C2H4N4.CH2N4/c1-6-2-3-4-5-6;1-2-4-5-3-1/h2H,1H3;1H,(H,2,3,4,5). The van der Waals surface area contributed by atoms with Crippen LogP contribution in [0.1, 0.15) is 0 Å². The first-order chi connectivity index (χ1) is 5.39. The minimum Gasteiger partial charge on any atom is -0.236 e. The van der Waals surface area contributed by atoms with Crippen LogP contribution in [0.15, 0.2) is 12.7 Å². The monoisotopic (exact) mass is 154 g/mol. The molecule has 0 aliphatic rings. The molecule has 0 unspecified atom stereocenters.